The molecule has 0 aliphatic carbocycles. The number of hydrogen-bond donors (Lipinski definition) is 1. The number of likely N-dealkylation sites (N-methyl/N-ethyl adjacent to an activating group) is 1. The number of amides is 3. The van der Waals surface area contributed by atoms with E-state index in [1.165, 1.54) is 10.5 Å². The van der Waals surface area contributed by atoms with Gasteiger partial charge in [0.2, 0.25) is 5.91 Å². The van der Waals surface area contributed by atoms with Crippen molar-refractivity contribution in [2.75, 3.05) is 27.3 Å². The lowest BCUT2D eigenvalue weighted by molar-refractivity contribution is -0.191. The minimum absolute atomic E-state index is 0.134. The van der Waals surface area contributed by atoms with Gasteiger partial charge in [-0.1, -0.05) is 76.1 Å². The number of nitrogens with one attached hydrogen (secondary N) is 1. The lowest BCUT2D eigenvalue weighted by atomic mass is 9.72. The monoisotopic (exact) mass is 523 g/mol. The SMILES string of the molecule is CCC[C@@H](NC(=O)N1C(=O)C(CC)(CC)C1Oc1ccc([C@@H](COC)N(C)CC)cc1)c1ccc(C)cc1. The maximum Gasteiger partial charge on any atom is 0.327 e. The van der Waals surface area contributed by atoms with Crippen LogP contribution in [0.15, 0.2) is 48.5 Å². The summed E-state index contributed by atoms with van der Waals surface area (Å²) >= 11 is 0. The zero-order valence-corrected chi connectivity index (χ0v) is 24.1. The van der Waals surface area contributed by atoms with Crippen LogP contribution in [0.1, 0.15) is 82.2 Å². The van der Waals surface area contributed by atoms with Crippen molar-refractivity contribution < 1.29 is 19.1 Å². The molecule has 1 heterocycles. The van der Waals surface area contributed by atoms with Crippen LogP contribution in [-0.4, -0.2) is 55.3 Å². The number of β-lactam (4-membered cyclic amide) rings is 1. The molecule has 2 aromatic carbocycles. The summed E-state index contributed by atoms with van der Waals surface area (Å²) < 4.78 is 11.8. The number of benzene rings is 2. The van der Waals surface area contributed by atoms with E-state index < -0.39 is 17.7 Å². The maximum absolute atomic E-state index is 13.5. The van der Waals surface area contributed by atoms with E-state index in [0.717, 1.165) is 30.5 Å². The summed E-state index contributed by atoms with van der Waals surface area (Å²) in [5.74, 6) is 0.458. The highest BCUT2D eigenvalue weighted by molar-refractivity contribution is 6.03. The lowest BCUT2D eigenvalue weighted by Gasteiger charge is -2.53. The minimum atomic E-state index is -0.721. The van der Waals surface area contributed by atoms with Crippen LogP contribution in [0, 0.1) is 12.3 Å². The molecule has 1 N–H and O–H groups in total. The molecule has 3 atom stereocenters. The molecule has 0 saturated carbocycles. The summed E-state index contributed by atoms with van der Waals surface area (Å²) in [6.07, 6.45) is 2.23. The topological polar surface area (TPSA) is 71.1 Å². The van der Waals surface area contributed by atoms with Crippen molar-refractivity contribution in [2.24, 2.45) is 5.41 Å². The third-order valence-corrected chi connectivity index (χ3v) is 8.06. The number of likely N-dealkylation sites (tertiary alicyclic amines) is 1. The number of carbonyl (C=O) groups excluding carboxylic acids is 2. The molecular weight excluding hydrogens is 478 g/mol. The average molecular weight is 524 g/mol. The fourth-order valence-electron chi connectivity index (χ4n) is 5.28. The van der Waals surface area contributed by atoms with Gasteiger partial charge >= 0.3 is 6.03 Å². The van der Waals surface area contributed by atoms with Crippen molar-refractivity contribution in [1.82, 2.24) is 15.1 Å². The number of hydrogen-bond acceptors (Lipinski definition) is 5. The summed E-state index contributed by atoms with van der Waals surface area (Å²) in [7, 11) is 3.78. The molecule has 1 unspecified atom stereocenters. The largest absolute Gasteiger partial charge is 0.469 e. The van der Waals surface area contributed by atoms with Crippen molar-refractivity contribution in [3.63, 3.8) is 0 Å². The Labute approximate surface area is 228 Å². The number of carbonyl (C=O) groups is 2. The van der Waals surface area contributed by atoms with Crippen molar-refractivity contribution in [3.05, 3.63) is 65.2 Å². The summed E-state index contributed by atoms with van der Waals surface area (Å²) in [5, 5.41) is 3.11. The van der Waals surface area contributed by atoms with E-state index >= 15 is 0 Å². The van der Waals surface area contributed by atoms with Gasteiger partial charge in [0.1, 0.15) is 11.2 Å². The first-order chi connectivity index (χ1) is 18.3. The number of methoxy groups -OCH3 is 1. The van der Waals surface area contributed by atoms with Crippen molar-refractivity contribution in [3.8, 4) is 5.75 Å². The van der Waals surface area contributed by atoms with Gasteiger partial charge in [0.25, 0.3) is 0 Å². The van der Waals surface area contributed by atoms with Crippen LogP contribution in [0.3, 0.4) is 0 Å². The van der Waals surface area contributed by atoms with Gasteiger partial charge in [0, 0.05) is 7.11 Å². The Balaban J connectivity index is 1.82. The van der Waals surface area contributed by atoms with Gasteiger partial charge in [-0.05, 0) is 63.0 Å². The second kappa shape index (κ2) is 13.3. The van der Waals surface area contributed by atoms with E-state index in [2.05, 4.69) is 31.1 Å². The molecule has 7 nitrogen and oxygen atoms in total. The molecule has 208 valence electrons. The molecule has 2 aromatic rings. The van der Waals surface area contributed by atoms with Crippen LogP contribution in [-0.2, 0) is 9.53 Å². The number of urea groups is 1. The fourth-order valence-corrected chi connectivity index (χ4v) is 5.28. The molecule has 1 aliphatic heterocycles. The first kappa shape index (κ1) is 29.7. The molecule has 3 rings (SSSR count). The molecule has 0 aromatic heterocycles. The molecule has 38 heavy (non-hydrogen) atoms. The van der Waals surface area contributed by atoms with Crippen molar-refractivity contribution in [2.45, 2.75) is 78.6 Å². The Morgan fingerprint density at radius 1 is 1.03 bits per heavy atom. The first-order valence-electron chi connectivity index (χ1n) is 13.9. The molecule has 3 amide bonds. The molecule has 0 radical (unpaired) electrons. The van der Waals surface area contributed by atoms with Crippen LogP contribution in [0.5, 0.6) is 5.75 Å². The number of imide groups is 1. The molecule has 0 spiro atoms. The highest BCUT2D eigenvalue weighted by Gasteiger charge is 2.63. The summed E-state index contributed by atoms with van der Waals surface area (Å²) in [5.41, 5.74) is 2.60. The van der Waals surface area contributed by atoms with E-state index in [0.29, 0.717) is 25.2 Å². The lowest BCUT2D eigenvalue weighted by Crippen LogP contribution is -2.73. The third kappa shape index (κ3) is 6.05. The second-order valence-corrected chi connectivity index (χ2v) is 10.3. The van der Waals surface area contributed by atoms with E-state index in [9.17, 15) is 9.59 Å². The Kier molecular flexibility index (Phi) is 10.3. The van der Waals surface area contributed by atoms with Gasteiger partial charge < -0.3 is 14.8 Å². The van der Waals surface area contributed by atoms with Crippen molar-refractivity contribution in [1.29, 1.82) is 0 Å². The summed E-state index contributed by atoms with van der Waals surface area (Å²) in [6, 6.07) is 15.6. The second-order valence-electron chi connectivity index (χ2n) is 10.3. The quantitative estimate of drug-likeness (QED) is 0.315. The summed E-state index contributed by atoms with van der Waals surface area (Å²) in [4.78, 5) is 30.4. The van der Waals surface area contributed by atoms with E-state index in [-0.39, 0.29) is 18.0 Å². The van der Waals surface area contributed by atoms with Gasteiger partial charge in [0.15, 0.2) is 6.23 Å². The molecular formula is C31H45N3O4. The fraction of sp³-hybridized carbons (Fsp3) is 0.548. The standard InChI is InChI=1S/C31H45N3O4/c1-8-12-26(23-15-13-22(5)14-16-23)32-30(36)34-28(35)31(9-2,10-3)29(34)38-25-19-17-24(18-20-25)27(21-37-7)33(6)11-4/h13-20,26-27,29H,8-12,21H2,1-7H3,(H,32,36)/t26-,27-,29?/m1/s1. The predicted molar refractivity (Wildman–Crippen MR) is 151 cm³/mol. The zero-order valence-electron chi connectivity index (χ0n) is 24.1. The number of ether oxygens (including phenoxy) is 2. The van der Waals surface area contributed by atoms with Crippen LogP contribution in [0.2, 0.25) is 0 Å². The van der Waals surface area contributed by atoms with Gasteiger partial charge in [0.05, 0.1) is 18.7 Å². The third-order valence-electron chi connectivity index (χ3n) is 8.06. The summed E-state index contributed by atoms with van der Waals surface area (Å²) in [6.45, 7) is 11.7. The van der Waals surface area contributed by atoms with E-state index in [1.807, 2.05) is 69.3 Å². The highest BCUT2D eigenvalue weighted by atomic mass is 16.5. The van der Waals surface area contributed by atoms with Crippen LogP contribution in [0.4, 0.5) is 4.79 Å². The molecule has 0 bridgehead atoms. The Morgan fingerprint density at radius 3 is 2.16 bits per heavy atom. The van der Waals surface area contributed by atoms with Crippen molar-refractivity contribution >= 4 is 11.9 Å². The minimum Gasteiger partial charge on any atom is -0.469 e. The molecule has 1 fully saturated rings. The van der Waals surface area contributed by atoms with Gasteiger partial charge in [-0.25, -0.2) is 9.69 Å². The van der Waals surface area contributed by atoms with E-state index in [4.69, 9.17) is 9.47 Å². The number of aryl methyl sites for hydroxylation is 1. The Morgan fingerprint density at radius 2 is 1.63 bits per heavy atom. The maximum atomic E-state index is 13.5. The van der Waals surface area contributed by atoms with Gasteiger partial charge in [-0.3, -0.25) is 9.69 Å². The molecule has 1 aliphatic rings. The first-order valence-corrected chi connectivity index (χ1v) is 13.9. The van der Waals surface area contributed by atoms with Crippen LogP contribution in [0.25, 0.3) is 0 Å². The highest BCUT2D eigenvalue weighted by Crippen LogP contribution is 2.46. The van der Waals surface area contributed by atoms with Crippen LogP contribution >= 0.6 is 0 Å². The zero-order chi connectivity index (χ0) is 27.9. The molecule has 1 saturated heterocycles. The average Bonchev–Trinajstić information content (AvgIpc) is 2.92. The van der Waals surface area contributed by atoms with Crippen LogP contribution < -0.4 is 10.1 Å². The number of nitrogens with zero attached hydrogens (tertiary/aromatic N) is 2. The Bertz CT molecular complexity index is 1050. The number of rotatable bonds is 13. The normalized spacial score (nSPS) is 18.2. The van der Waals surface area contributed by atoms with Gasteiger partial charge in [-0.15, -0.1) is 0 Å². The smallest absolute Gasteiger partial charge is 0.327 e. The molecule has 7 heteroatoms. The van der Waals surface area contributed by atoms with E-state index in [1.54, 1.807) is 7.11 Å². The predicted octanol–water partition coefficient (Wildman–Crippen LogP) is 6.24. The van der Waals surface area contributed by atoms with Gasteiger partial charge in [-0.2, -0.15) is 0 Å². The Hall–Kier alpha value is -2.90.